The van der Waals surface area contributed by atoms with Gasteiger partial charge in [-0.2, -0.15) is 0 Å². The van der Waals surface area contributed by atoms with Crippen molar-refractivity contribution in [1.29, 1.82) is 0 Å². The number of anilines is 2. The summed E-state index contributed by atoms with van der Waals surface area (Å²) in [6, 6.07) is 11.2. The van der Waals surface area contributed by atoms with Crippen LogP contribution >= 0.6 is 0 Å². The topological polar surface area (TPSA) is 84.9 Å². The van der Waals surface area contributed by atoms with Crippen LogP contribution in [0.2, 0.25) is 0 Å². The smallest absolute Gasteiger partial charge is 0.248 e. The first-order valence-electron chi connectivity index (χ1n) is 8.53. The molecule has 144 valence electrons. The van der Waals surface area contributed by atoms with Gasteiger partial charge in [-0.15, -0.1) is 0 Å². The van der Waals surface area contributed by atoms with E-state index in [0.29, 0.717) is 36.1 Å². The first-order valence-corrected chi connectivity index (χ1v) is 10.4. The molecule has 0 radical (unpaired) electrons. The quantitative estimate of drug-likeness (QED) is 0.848. The molecule has 1 amide bonds. The van der Waals surface area contributed by atoms with Gasteiger partial charge in [0.25, 0.3) is 0 Å². The fourth-order valence-electron chi connectivity index (χ4n) is 2.93. The Labute approximate surface area is 158 Å². The first kappa shape index (κ1) is 19.0. The highest BCUT2D eigenvalue weighted by Crippen LogP contribution is 2.35. The summed E-state index contributed by atoms with van der Waals surface area (Å²) in [5.74, 6) is 0.582. The van der Waals surface area contributed by atoms with Gasteiger partial charge in [-0.1, -0.05) is 18.2 Å². The molecule has 1 N–H and O–H groups in total. The highest BCUT2D eigenvalue weighted by atomic mass is 32.2. The molecule has 0 saturated carbocycles. The van der Waals surface area contributed by atoms with Crippen molar-refractivity contribution < 1.29 is 22.7 Å². The fourth-order valence-corrected chi connectivity index (χ4v) is 4.09. The molecule has 2 aromatic rings. The minimum absolute atomic E-state index is 0.342. The van der Waals surface area contributed by atoms with E-state index in [-0.39, 0.29) is 0 Å². The number of amides is 1. The maximum Gasteiger partial charge on any atom is 0.248 e. The highest BCUT2D eigenvalue weighted by molar-refractivity contribution is 7.92. The van der Waals surface area contributed by atoms with E-state index in [1.165, 1.54) is 0 Å². The van der Waals surface area contributed by atoms with Crippen molar-refractivity contribution in [2.75, 3.05) is 29.1 Å². The van der Waals surface area contributed by atoms with Crippen LogP contribution in [-0.2, 0) is 14.8 Å². The summed E-state index contributed by atoms with van der Waals surface area (Å²) in [5, 5.41) is 2.79. The zero-order valence-corrected chi connectivity index (χ0v) is 16.2. The Kier molecular flexibility index (Phi) is 5.27. The predicted molar refractivity (Wildman–Crippen MR) is 104 cm³/mol. The van der Waals surface area contributed by atoms with Gasteiger partial charge in [0, 0.05) is 11.8 Å². The summed E-state index contributed by atoms with van der Waals surface area (Å²) >= 11 is 0. The van der Waals surface area contributed by atoms with Crippen molar-refractivity contribution in [3.8, 4) is 11.5 Å². The van der Waals surface area contributed by atoms with Gasteiger partial charge in [-0.05, 0) is 37.6 Å². The van der Waals surface area contributed by atoms with Crippen LogP contribution in [-0.4, -0.2) is 39.8 Å². The molecule has 0 aliphatic carbocycles. The van der Waals surface area contributed by atoms with E-state index in [1.54, 1.807) is 31.2 Å². The number of sulfonamides is 1. The number of carbonyl (C=O) groups is 1. The summed E-state index contributed by atoms with van der Waals surface area (Å²) in [5.41, 5.74) is 1.88. The Morgan fingerprint density at radius 2 is 1.78 bits per heavy atom. The van der Waals surface area contributed by atoms with Crippen molar-refractivity contribution in [1.82, 2.24) is 0 Å². The molecule has 0 unspecified atom stereocenters. The van der Waals surface area contributed by atoms with E-state index >= 15 is 0 Å². The van der Waals surface area contributed by atoms with E-state index in [2.05, 4.69) is 5.32 Å². The molecule has 27 heavy (non-hydrogen) atoms. The number of hydrogen-bond donors (Lipinski definition) is 1. The second-order valence-corrected chi connectivity index (χ2v) is 8.23. The molecule has 3 rings (SSSR count). The Balaban J connectivity index is 1.91. The van der Waals surface area contributed by atoms with Crippen molar-refractivity contribution in [2.45, 2.75) is 19.9 Å². The number of rotatable bonds is 5. The lowest BCUT2D eigenvalue weighted by Gasteiger charge is -2.29. The third-order valence-electron chi connectivity index (χ3n) is 4.27. The van der Waals surface area contributed by atoms with Gasteiger partial charge < -0.3 is 14.8 Å². The van der Waals surface area contributed by atoms with Crippen LogP contribution in [0.4, 0.5) is 11.4 Å². The minimum atomic E-state index is -3.72. The average Bonchev–Trinajstić information content (AvgIpc) is 2.62. The summed E-state index contributed by atoms with van der Waals surface area (Å²) in [7, 11) is -3.72. The SMILES string of the molecule is Cc1ccccc1NC(=O)[C@@H](C)N(c1ccc2c(c1)OCCO2)S(C)(=O)=O. The molecule has 8 heteroatoms. The van der Waals surface area contributed by atoms with Gasteiger partial charge in [-0.3, -0.25) is 9.10 Å². The van der Waals surface area contributed by atoms with Gasteiger partial charge >= 0.3 is 0 Å². The van der Waals surface area contributed by atoms with Crippen molar-refractivity contribution in [3.63, 3.8) is 0 Å². The molecule has 1 aliphatic rings. The molecule has 1 heterocycles. The summed E-state index contributed by atoms with van der Waals surface area (Å²) in [6.45, 7) is 4.25. The summed E-state index contributed by atoms with van der Waals surface area (Å²) in [6.07, 6.45) is 1.07. The van der Waals surface area contributed by atoms with Gasteiger partial charge in [-0.25, -0.2) is 8.42 Å². The number of para-hydroxylation sites is 1. The van der Waals surface area contributed by atoms with Crippen LogP contribution in [0.3, 0.4) is 0 Å². The van der Waals surface area contributed by atoms with Gasteiger partial charge in [0.2, 0.25) is 15.9 Å². The number of fused-ring (bicyclic) bond motifs is 1. The third-order valence-corrected chi connectivity index (χ3v) is 5.51. The van der Waals surface area contributed by atoms with Gasteiger partial charge in [0.15, 0.2) is 11.5 Å². The van der Waals surface area contributed by atoms with Crippen LogP contribution in [0, 0.1) is 6.92 Å². The normalized spacial score (nSPS) is 14.3. The summed E-state index contributed by atoms with van der Waals surface area (Å²) < 4.78 is 37.0. The molecule has 7 nitrogen and oxygen atoms in total. The maximum absolute atomic E-state index is 12.7. The van der Waals surface area contributed by atoms with Crippen LogP contribution in [0.25, 0.3) is 0 Å². The standard InChI is InChI=1S/C19H22N2O5S/c1-13-6-4-5-7-16(13)20-19(22)14(2)21(27(3,23)24)15-8-9-17-18(12-15)26-11-10-25-17/h4-9,12,14H,10-11H2,1-3H3,(H,20,22)/t14-/m1/s1. The second kappa shape index (κ2) is 7.48. The zero-order chi connectivity index (χ0) is 19.6. The Bertz CT molecular complexity index is 958. The first-order chi connectivity index (χ1) is 12.8. The molecular formula is C19H22N2O5S. The van der Waals surface area contributed by atoms with Gasteiger partial charge in [0.1, 0.15) is 19.3 Å². The van der Waals surface area contributed by atoms with Crippen molar-refractivity contribution in [3.05, 3.63) is 48.0 Å². The number of aryl methyl sites for hydroxylation is 1. The minimum Gasteiger partial charge on any atom is -0.486 e. The predicted octanol–water partition coefficient (Wildman–Crippen LogP) is 2.56. The third kappa shape index (κ3) is 4.16. The zero-order valence-electron chi connectivity index (χ0n) is 15.4. The van der Waals surface area contributed by atoms with E-state index in [4.69, 9.17) is 9.47 Å². The molecule has 1 aliphatic heterocycles. The van der Waals surface area contributed by atoms with Crippen LogP contribution in [0.15, 0.2) is 42.5 Å². The van der Waals surface area contributed by atoms with Crippen molar-refractivity contribution >= 4 is 27.3 Å². The monoisotopic (exact) mass is 390 g/mol. The Morgan fingerprint density at radius 3 is 2.44 bits per heavy atom. The Morgan fingerprint density at radius 1 is 1.11 bits per heavy atom. The van der Waals surface area contributed by atoms with E-state index < -0.39 is 22.0 Å². The number of hydrogen-bond acceptors (Lipinski definition) is 5. The summed E-state index contributed by atoms with van der Waals surface area (Å²) in [4.78, 5) is 12.7. The molecule has 0 fully saturated rings. The molecule has 2 aromatic carbocycles. The van der Waals surface area contributed by atoms with Crippen LogP contribution < -0.4 is 19.1 Å². The molecule has 0 saturated heterocycles. The largest absolute Gasteiger partial charge is 0.486 e. The number of carbonyl (C=O) groups excluding carboxylic acids is 1. The molecule has 0 bridgehead atoms. The van der Waals surface area contributed by atoms with E-state index in [9.17, 15) is 13.2 Å². The lowest BCUT2D eigenvalue weighted by Crippen LogP contribution is -2.45. The lowest BCUT2D eigenvalue weighted by molar-refractivity contribution is -0.116. The van der Waals surface area contributed by atoms with E-state index in [0.717, 1.165) is 16.1 Å². The van der Waals surface area contributed by atoms with Gasteiger partial charge in [0.05, 0.1) is 11.9 Å². The molecular weight excluding hydrogens is 368 g/mol. The van der Waals surface area contributed by atoms with Crippen LogP contribution in [0.1, 0.15) is 12.5 Å². The average molecular weight is 390 g/mol. The highest BCUT2D eigenvalue weighted by Gasteiger charge is 2.30. The van der Waals surface area contributed by atoms with Crippen LogP contribution in [0.5, 0.6) is 11.5 Å². The fraction of sp³-hybridized carbons (Fsp3) is 0.316. The Hall–Kier alpha value is -2.74. The number of benzene rings is 2. The lowest BCUT2D eigenvalue weighted by atomic mass is 10.2. The molecule has 0 aromatic heterocycles. The number of nitrogens with zero attached hydrogens (tertiary/aromatic N) is 1. The molecule has 0 spiro atoms. The molecule has 1 atom stereocenters. The second-order valence-electron chi connectivity index (χ2n) is 6.37. The number of nitrogens with one attached hydrogen (secondary N) is 1. The van der Waals surface area contributed by atoms with E-state index in [1.807, 2.05) is 25.1 Å². The van der Waals surface area contributed by atoms with Crippen molar-refractivity contribution in [2.24, 2.45) is 0 Å². The number of ether oxygens (including phenoxy) is 2. The maximum atomic E-state index is 12.7.